The molecule has 27 heavy (non-hydrogen) atoms. The van der Waals surface area contributed by atoms with E-state index in [1.54, 1.807) is 0 Å². The summed E-state index contributed by atoms with van der Waals surface area (Å²) in [6.07, 6.45) is 2.62. The van der Waals surface area contributed by atoms with Crippen LogP contribution in [-0.2, 0) is 24.3 Å². The van der Waals surface area contributed by atoms with Crippen molar-refractivity contribution in [2.45, 2.75) is 50.4 Å². The Morgan fingerprint density at radius 3 is 1.67 bits per heavy atom. The summed E-state index contributed by atoms with van der Waals surface area (Å²) in [5, 5.41) is 0. The van der Waals surface area contributed by atoms with Crippen molar-refractivity contribution in [2.75, 3.05) is 19.6 Å². The van der Waals surface area contributed by atoms with Gasteiger partial charge in [0.05, 0.1) is 19.6 Å². The van der Waals surface area contributed by atoms with Crippen molar-refractivity contribution in [3.63, 3.8) is 0 Å². The third kappa shape index (κ3) is 7.40. The van der Waals surface area contributed by atoms with E-state index in [0.717, 1.165) is 12.8 Å². The first-order valence-electron chi connectivity index (χ1n) is 7.81. The molecule has 0 N–H and O–H groups in total. The molecule has 0 aromatic carbocycles. The third-order valence-corrected chi connectivity index (χ3v) is 5.42. The minimum Gasteiger partial charge on any atom is -0.741 e. The van der Waals surface area contributed by atoms with Crippen LogP contribution in [0.1, 0.15) is 33.1 Å². The average molecular weight is 451 g/mol. The Kier molecular flexibility index (Phi) is 9.08. The average Bonchev–Trinajstić information content (AvgIpc) is 2.79. The van der Waals surface area contributed by atoms with Gasteiger partial charge in [-0.1, -0.05) is 13.8 Å². The summed E-state index contributed by atoms with van der Waals surface area (Å²) < 4.78 is 123. The topological polar surface area (TPSA) is 101 Å². The van der Waals surface area contributed by atoms with Crippen molar-refractivity contribution in [3.05, 3.63) is 0 Å². The van der Waals surface area contributed by atoms with Crippen LogP contribution >= 0.6 is 0 Å². The zero-order chi connectivity index (χ0) is 21.7. The lowest BCUT2D eigenvalue weighted by Gasteiger charge is -2.37. The third-order valence-electron chi connectivity index (χ3n) is 3.81. The highest BCUT2D eigenvalue weighted by atomic mass is 32.2. The zero-order valence-electron chi connectivity index (χ0n) is 14.5. The molecular formula is C11H20BF6NO6S2. The van der Waals surface area contributed by atoms with Gasteiger partial charge < -0.3 is 8.95 Å². The summed E-state index contributed by atoms with van der Waals surface area (Å²) in [6.45, 7) is 5.84. The van der Waals surface area contributed by atoms with Crippen molar-refractivity contribution in [1.82, 2.24) is 0 Å². The first-order chi connectivity index (χ1) is 11.9. The van der Waals surface area contributed by atoms with Gasteiger partial charge in [0.15, 0.2) is 10.1 Å². The van der Waals surface area contributed by atoms with Gasteiger partial charge in [-0.3, -0.25) is 4.10 Å². The van der Waals surface area contributed by atoms with E-state index in [0.29, 0.717) is 36.8 Å². The first kappa shape index (κ1) is 26.4. The summed E-state index contributed by atoms with van der Waals surface area (Å²) in [5.74, 6) is 0. The predicted octanol–water partition coefficient (Wildman–Crippen LogP) is 2.43. The normalized spacial score (nSPS) is 18.2. The SMILES string of the molecule is CCC[N+]1(CCC)CCCB1OS(=O)(=O)C(F)(F)F.O=S(=O)([O-])C(F)(F)F. The lowest BCUT2D eigenvalue weighted by molar-refractivity contribution is -0.827. The van der Waals surface area contributed by atoms with E-state index in [1.807, 2.05) is 13.8 Å². The first-order valence-corrected chi connectivity index (χ1v) is 10.6. The standard InChI is InChI=1S/C10H20BF3NO3S.CHF3O3S/c1-3-7-15(8-4-2)9-5-6-11(15)18-19(16,17)10(12,13)14;2-1(3,4)8(5,6)7/h3-9H2,1-2H3;(H,5,6,7)/q+1;/p-1. The summed E-state index contributed by atoms with van der Waals surface area (Å²) in [5.41, 5.74) is -11.0. The highest BCUT2D eigenvalue weighted by molar-refractivity contribution is 7.88. The largest absolute Gasteiger partial charge is 0.741 e. The Balaban J connectivity index is 0.000000713. The molecule has 1 heterocycles. The number of nitrogens with zero attached hydrogens (tertiary/aromatic N) is 1. The van der Waals surface area contributed by atoms with Crippen LogP contribution < -0.4 is 0 Å². The number of quaternary nitrogens is 1. The van der Waals surface area contributed by atoms with E-state index in [2.05, 4.69) is 4.10 Å². The molecule has 0 aromatic heterocycles. The van der Waals surface area contributed by atoms with Gasteiger partial charge in [0.2, 0.25) is 0 Å². The van der Waals surface area contributed by atoms with Crippen molar-refractivity contribution in [3.8, 4) is 0 Å². The van der Waals surface area contributed by atoms with Gasteiger partial charge >= 0.3 is 28.2 Å². The van der Waals surface area contributed by atoms with Crippen LogP contribution in [0.3, 0.4) is 0 Å². The summed E-state index contributed by atoms with van der Waals surface area (Å²) in [7, 11) is -12.5. The van der Waals surface area contributed by atoms with Crippen LogP contribution in [0.4, 0.5) is 26.3 Å². The molecule has 0 aliphatic carbocycles. The Morgan fingerprint density at radius 2 is 1.37 bits per heavy atom. The van der Waals surface area contributed by atoms with Crippen LogP contribution in [0.2, 0.25) is 6.32 Å². The van der Waals surface area contributed by atoms with E-state index in [1.165, 1.54) is 0 Å². The van der Waals surface area contributed by atoms with E-state index < -0.39 is 38.3 Å². The molecule has 0 bridgehead atoms. The monoisotopic (exact) mass is 451 g/mol. The highest BCUT2D eigenvalue weighted by Crippen LogP contribution is 2.32. The lowest BCUT2D eigenvalue weighted by atomic mass is 9.76. The molecule has 0 saturated carbocycles. The highest BCUT2D eigenvalue weighted by Gasteiger charge is 2.57. The van der Waals surface area contributed by atoms with Crippen LogP contribution in [0.25, 0.3) is 0 Å². The van der Waals surface area contributed by atoms with Crippen LogP contribution in [-0.4, -0.2) is 63.5 Å². The van der Waals surface area contributed by atoms with E-state index in [4.69, 9.17) is 13.0 Å². The van der Waals surface area contributed by atoms with Gasteiger partial charge in [0.1, 0.15) is 0 Å². The fourth-order valence-electron chi connectivity index (χ4n) is 2.85. The molecule has 1 fully saturated rings. The molecule has 0 unspecified atom stereocenters. The van der Waals surface area contributed by atoms with Crippen LogP contribution in [0, 0.1) is 0 Å². The minimum atomic E-state index is -6.09. The molecule has 1 aliphatic heterocycles. The smallest absolute Gasteiger partial charge is 0.589 e. The predicted molar refractivity (Wildman–Crippen MR) is 82.4 cm³/mol. The maximum atomic E-state index is 12.4. The number of halogens is 6. The van der Waals surface area contributed by atoms with E-state index >= 15 is 0 Å². The van der Waals surface area contributed by atoms with Gasteiger partial charge in [-0.2, -0.15) is 34.8 Å². The van der Waals surface area contributed by atoms with Crippen molar-refractivity contribution in [2.24, 2.45) is 0 Å². The van der Waals surface area contributed by atoms with Gasteiger partial charge in [-0.05, 0) is 19.3 Å². The molecule has 16 heteroatoms. The molecule has 1 aliphatic rings. The number of rotatable bonds is 6. The Morgan fingerprint density at radius 1 is 0.963 bits per heavy atom. The number of hydrogen-bond donors (Lipinski definition) is 0. The lowest BCUT2D eigenvalue weighted by Crippen LogP contribution is -2.58. The molecule has 0 spiro atoms. The molecule has 0 radical (unpaired) electrons. The van der Waals surface area contributed by atoms with Crippen molar-refractivity contribution >= 4 is 27.3 Å². The van der Waals surface area contributed by atoms with Crippen LogP contribution in [0.5, 0.6) is 0 Å². The zero-order valence-corrected chi connectivity index (χ0v) is 16.1. The maximum absolute atomic E-state index is 12.4. The van der Waals surface area contributed by atoms with Crippen molar-refractivity contribution < 1.29 is 56.2 Å². The molecule has 1 rings (SSSR count). The van der Waals surface area contributed by atoms with Gasteiger partial charge in [0, 0.05) is 6.32 Å². The fourth-order valence-corrected chi connectivity index (χ4v) is 3.53. The molecule has 7 nitrogen and oxygen atoms in total. The van der Waals surface area contributed by atoms with E-state index in [-0.39, 0.29) is 0 Å². The quantitative estimate of drug-likeness (QED) is 0.266. The van der Waals surface area contributed by atoms with Crippen molar-refractivity contribution in [1.29, 1.82) is 0 Å². The summed E-state index contributed by atoms with van der Waals surface area (Å²) in [4.78, 5) is 0. The summed E-state index contributed by atoms with van der Waals surface area (Å²) >= 11 is 0. The second-order valence-corrected chi connectivity index (χ2v) is 8.82. The molecule has 162 valence electrons. The summed E-state index contributed by atoms with van der Waals surface area (Å²) in [6, 6.07) is 0. The Labute approximate surface area is 154 Å². The Hall–Kier alpha value is -0.575. The molecular weight excluding hydrogens is 431 g/mol. The molecule has 0 atom stereocenters. The Bertz CT molecular complexity index is 672. The minimum absolute atomic E-state index is 0.322. The number of alkyl halides is 6. The van der Waals surface area contributed by atoms with E-state index in [9.17, 15) is 34.8 Å². The number of hydrogen-bond acceptors (Lipinski definition) is 6. The molecule has 0 amide bonds. The second kappa shape index (κ2) is 9.28. The van der Waals surface area contributed by atoms with Gasteiger partial charge in [-0.15, -0.1) is 0 Å². The second-order valence-electron chi connectivity index (χ2n) is 5.88. The van der Waals surface area contributed by atoms with Gasteiger partial charge in [-0.25, -0.2) is 8.42 Å². The molecule has 0 aromatic rings. The van der Waals surface area contributed by atoms with Crippen LogP contribution in [0.15, 0.2) is 0 Å². The maximum Gasteiger partial charge on any atom is 0.589 e. The molecule has 1 saturated heterocycles. The fraction of sp³-hybridized carbons (Fsp3) is 1.00. The van der Waals surface area contributed by atoms with Gasteiger partial charge in [0.25, 0.3) is 0 Å².